The molecule has 15 heavy (non-hydrogen) atoms. The van der Waals surface area contributed by atoms with E-state index in [0.717, 1.165) is 11.7 Å². The van der Waals surface area contributed by atoms with E-state index in [0.29, 0.717) is 12.0 Å². The van der Waals surface area contributed by atoms with Crippen LogP contribution >= 0.6 is 11.8 Å². The number of hydrogen-bond acceptors (Lipinski definition) is 3. The molecule has 0 radical (unpaired) electrons. The highest BCUT2D eigenvalue weighted by atomic mass is 32.2. The van der Waals surface area contributed by atoms with Gasteiger partial charge in [0.2, 0.25) is 0 Å². The standard InChI is InChI=1S/C11H22N2OS/c1-8(2)10-5-6-15-11(13-10)12-7-9(3)14-4/h8-10H,5-7H2,1-4H3,(H,12,13). The molecule has 0 aromatic carbocycles. The van der Waals surface area contributed by atoms with E-state index in [-0.39, 0.29) is 6.10 Å². The molecule has 2 unspecified atom stereocenters. The average Bonchev–Trinajstić information content (AvgIpc) is 2.26. The summed E-state index contributed by atoms with van der Waals surface area (Å²) >= 11 is 1.82. The van der Waals surface area contributed by atoms with Gasteiger partial charge in [0, 0.05) is 18.9 Å². The Kier molecular flexibility index (Phi) is 5.47. The number of nitrogens with one attached hydrogen (secondary N) is 1. The van der Waals surface area contributed by atoms with Crippen LogP contribution in [0.3, 0.4) is 0 Å². The fourth-order valence-corrected chi connectivity index (χ4v) is 2.40. The Morgan fingerprint density at radius 1 is 1.53 bits per heavy atom. The van der Waals surface area contributed by atoms with Crippen molar-refractivity contribution in [3.8, 4) is 0 Å². The highest BCUT2D eigenvalue weighted by Gasteiger charge is 2.19. The van der Waals surface area contributed by atoms with Gasteiger partial charge in [-0.3, -0.25) is 4.99 Å². The number of methoxy groups -OCH3 is 1. The predicted molar refractivity (Wildman–Crippen MR) is 67.6 cm³/mol. The SMILES string of the molecule is COC(C)CN=C1NC(C(C)C)CCS1. The molecule has 1 fully saturated rings. The second-order valence-corrected chi connectivity index (χ2v) is 5.41. The van der Waals surface area contributed by atoms with Gasteiger partial charge in [-0.25, -0.2) is 0 Å². The maximum atomic E-state index is 5.17. The molecule has 0 amide bonds. The van der Waals surface area contributed by atoms with Crippen molar-refractivity contribution >= 4 is 16.9 Å². The van der Waals surface area contributed by atoms with Crippen molar-refractivity contribution in [2.75, 3.05) is 19.4 Å². The third-order valence-corrected chi connectivity index (χ3v) is 3.64. The summed E-state index contributed by atoms with van der Waals surface area (Å²) in [5, 5.41) is 4.58. The van der Waals surface area contributed by atoms with Crippen molar-refractivity contribution in [2.24, 2.45) is 10.9 Å². The van der Waals surface area contributed by atoms with Crippen molar-refractivity contribution in [3.05, 3.63) is 0 Å². The average molecular weight is 230 g/mol. The van der Waals surface area contributed by atoms with Gasteiger partial charge in [-0.2, -0.15) is 0 Å². The zero-order valence-corrected chi connectivity index (χ0v) is 10.9. The normalized spacial score (nSPS) is 26.7. The minimum Gasteiger partial charge on any atom is -0.380 e. The molecule has 0 aromatic rings. The molecule has 0 saturated carbocycles. The summed E-state index contributed by atoms with van der Waals surface area (Å²) in [6, 6.07) is 0.586. The molecular weight excluding hydrogens is 208 g/mol. The van der Waals surface area contributed by atoms with Gasteiger partial charge in [0.15, 0.2) is 5.17 Å². The predicted octanol–water partition coefficient (Wildman–Crippen LogP) is 2.13. The number of hydrogen-bond donors (Lipinski definition) is 1. The van der Waals surface area contributed by atoms with E-state index >= 15 is 0 Å². The van der Waals surface area contributed by atoms with Crippen LogP contribution in [0.2, 0.25) is 0 Å². The van der Waals surface area contributed by atoms with Crippen LogP contribution < -0.4 is 5.32 Å². The molecule has 88 valence electrons. The third-order valence-electron chi connectivity index (χ3n) is 2.68. The molecule has 0 aromatic heterocycles. The van der Waals surface area contributed by atoms with E-state index in [9.17, 15) is 0 Å². The molecule has 2 atom stereocenters. The number of thioether (sulfide) groups is 1. The van der Waals surface area contributed by atoms with Crippen molar-refractivity contribution in [1.29, 1.82) is 0 Å². The molecular formula is C11H22N2OS. The van der Waals surface area contributed by atoms with E-state index in [4.69, 9.17) is 4.74 Å². The Hall–Kier alpha value is -0.220. The van der Waals surface area contributed by atoms with Gasteiger partial charge >= 0.3 is 0 Å². The maximum Gasteiger partial charge on any atom is 0.156 e. The van der Waals surface area contributed by atoms with Crippen LogP contribution in [-0.4, -0.2) is 36.7 Å². The first-order valence-electron chi connectivity index (χ1n) is 5.60. The smallest absolute Gasteiger partial charge is 0.156 e. The molecule has 0 spiro atoms. The van der Waals surface area contributed by atoms with Crippen LogP contribution in [0.1, 0.15) is 27.2 Å². The van der Waals surface area contributed by atoms with Gasteiger partial charge < -0.3 is 10.1 Å². The quantitative estimate of drug-likeness (QED) is 0.803. The molecule has 1 aliphatic heterocycles. The molecule has 4 heteroatoms. The van der Waals surface area contributed by atoms with E-state index in [1.807, 2.05) is 18.7 Å². The summed E-state index contributed by atoms with van der Waals surface area (Å²) < 4.78 is 5.17. The lowest BCUT2D eigenvalue weighted by atomic mass is 10.0. The third kappa shape index (κ3) is 4.43. The molecule has 0 aliphatic carbocycles. The number of nitrogens with zero attached hydrogens (tertiary/aromatic N) is 1. The van der Waals surface area contributed by atoms with Crippen molar-refractivity contribution in [2.45, 2.75) is 39.3 Å². The molecule has 1 saturated heterocycles. The van der Waals surface area contributed by atoms with E-state index in [2.05, 4.69) is 24.2 Å². The van der Waals surface area contributed by atoms with Crippen LogP contribution in [-0.2, 0) is 4.74 Å². The van der Waals surface area contributed by atoms with Crippen LogP contribution in [0.4, 0.5) is 0 Å². The zero-order valence-electron chi connectivity index (χ0n) is 10.1. The summed E-state index contributed by atoms with van der Waals surface area (Å²) in [4.78, 5) is 4.53. The Labute approximate surface area is 97.1 Å². The second-order valence-electron chi connectivity index (χ2n) is 4.32. The fraction of sp³-hybridized carbons (Fsp3) is 0.909. The van der Waals surface area contributed by atoms with Crippen LogP contribution in [0, 0.1) is 5.92 Å². The highest BCUT2D eigenvalue weighted by molar-refractivity contribution is 8.13. The van der Waals surface area contributed by atoms with Gasteiger partial charge in [-0.05, 0) is 19.3 Å². The summed E-state index contributed by atoms with van der Waals surface area (Å²) in [6.07, 6.45) is 1.44. The van der Waals surface area contributed by atoms with Gasteiger partial charge in [-0.1, -0.05) is 25.6 Å². The minimum absolute atomic E-state index is 0.208. The van der Waals surface area contributed by atoms with Gasteiger partial charge in [0.05, 0.1) is 12.6 Å². The van der Waals surface area contributed by atoms with Gasteiger partial charge in [0.1, 0.15) is 0 Å². The fourth-order valence-electron chi connectivity index (χ4n) is 1.43. The Morgan fingerprint density at radius 2 is 2.27 bits per heavy atom. The molecule has 1 rings (SSSR count). The van der Waals surface area contributed by atoms with Crippen molar-refractivity contribution < 1.29 is 4.74 Å². The lowest BCUT2D eigenvalue weighted by molar-refractivity contribution is 0.125. The van der Waals surface area contributed by atoms with Crippen LogP contribution in [0.5, 0.6) is 0 Å². The molecule has 0 bridgehead atoms. The first-order valence-corrected chi connectivity index (χ1v) is 6.58. The van der Waals surface area contributed by atoms with Gasteiger partial charge in [0.25, 0.3) is 0 Å². The van der Waals surface area contributed by atoms with Crippen molar-refractivity contribution in [1.82, 2.24) is 5.32 Å². The topological polar surface area (TPSA) is 33.6 Å². The lowest BCUT2D eigenvalue weighted by Crippen LogP contribution is -2.41. The minimum atomic E-state index is 0.208. The maximum absolute atomic E-state index is 5.17. The summed E-state index contributed by atoms with van der Waals surface area (Å²) in [6.45, 7) is 7.29. The lowest BCUT2D eigenvalue weighted by Gasteiger charge is -2.28. The number of aliphatic imine (C=N–C) groups is 1. The first kappa shape index (κ1) is 12.8. The van der Waals surface area contributed by atoms with E-state index < -0.39 is 0 Å². The number of ether oxygens (including phenoxy) is 1. The van der Waals surface area contributed by atoms with Gasteiger partial charge in [-0.15, -0.1) is 0 Å². The van der Waals surface area contributed by atoms with E-state index in [1.165, 1.54) is 12.2 Å². The van der Waals surface area contributed by atoms with Crippen LogP contribution in [0.15, 0.2) is 4.99 Å². The van der Waals surface area contributed by atoms with E-state index in [1.54, 1.807) is 7.11 Å². The summed E-state index contributed by atoms with van der Waals surface area (Å²) in [5.41, 5.74) is 0. The molecule has 1 heterocycles. The Balaban J connectivity index is 2.41. The second kappa shape index (κ2) is 6.38. The number of amidine groups is 1. The summed E-state index contributed by atoms with van der Waals surface area (Å²) in [7, 11) is 1.73. The van der Waals surface area contributed by atoms with Crippen LogP contribution in [0.25, 0.3) is 0 Å². The first-order chi connectivity index (χ1) is 7.13. The number of rotatable bonds is 4. The molecule has 1 N–H and O–H groups in total. The highest BCUT2D eigenvalue weighted by Crippen LogP contribution is 2.18. The molecule has 1 aliphatic rings. The Bertz CT molecular complexity index is 219. The zero-order chi connectivity index (χ0) is 11.3. The molecule has 3 nitrogen and oxygen atoms in total. The Morgan fingerprint density at radius 3 is 2.87 bits per heavy atom. The monoisotopic (exact) mass is 230 g/mol. The summed E-state index contributed by atoms with van der Waals surface area (Å²) in [5.74, 6) is 1.85. The van der Waals surface area contributed by atoms with Crippen molar-refractivity contribution in [3.63, 3.8) is 0 Å². The largest absolute Gasteiger partial charge is 0.380 e.